The maximum Gasteiger partial charge on any atom is 0.262 e. The van der Waals surface area contributed by atoms with Crippen LogP contribution in [0.5, 0.6) is 0 Å². The molecule has 1 amide bonds. The standard InChI is InChI=1S/C19H26ClN3O3S/c1-5-26-10-6-9-23-17(25)14-8-7-13(20)11-15(14)21-18(23)27-12-16(24)22-19(2,3)4/h7-8,11H,5-6,9-10,12H2,1-4H3,(H,22,24). The maximum atomic E-state index is 12.9. The van der Waals surface area contributed by atoms with E-state index in [4.69, 9.17) is 16.3 Å². The molecule has 8 heteroatoms. The number of nitrogens with one attached hydrogen (secondary N) is 1. The van der Waals surface area contributed by atoms with Gasteiger partial charge in [-0.25, -0.2) is 4.98 Å². The summed E-state index contributed by atoms with van der Waals surface area (Å²) in [5, 5.41) is 4.45. The molecule has 0 atom stereocenters. The highest BCUT2D eigenvalue weighted by molar-refractivity contribution is 7.99. The van der Waals surface area contributed by atoms with Crippen molar-refractivity contribution in [3.8, 4) is 0 Å². The van der Waals surface area contributed by atoms with E-state index in [1.54, 1.807) is 22.8 Å². The second-order valence-corrected chi connectivity index (χ2v) is 8.53. The van der Waals surface area contributed by atoms with Crippen LogP contribution in [0.15, 0.2) is 28.2 Å². The van der Waals surface area contributed by atoms with Gasteiger partial charge in [0.2, 0.25) is 5.91 Å². The molecule has 1 heterocycles. The molecule has 0 aliphatic carbocycles. The average molecular weight is 412 g/mol. The fraction of sp³-hybridized carbons (Fsp3) is 0.526. The Balaban J connectivity index is 2.29. The van der Waals surface area contributed by atoms with Gasteiger partial charge in [-0.2, -0.15) is 0 Å². The molecule has 0 spiro atoms. The van der Waals surface area contributed by atoms with Crippen LogP contribution >= 0.6 is 23.4 Å². The smallest absolute Gasteiger partial charge is 0.262 e. The topological polar surface area (TPSA) is 73.2 Å². The van der Waals surface area contributed by atoms with Crippen LogP contribution in [0.3, 0.4) is 0 Å². The number of ether oxygens (including phenoxy) is 1. The minimum Gasteiger partial charge on any atom is -0.382 e. The molecule has 1 N–H and O–H groups in total. The number of amides is 1. The van der Waals surface area contributed by atoms with Gasteiger partial charge in [0, 0.05) is 30.3 Å². The molecule has 27 heavy (non-hydrogen) atoms. The van der Waals surface area contributed by atoms with Gasteiger partial charge in [0.1, 0.15) is 0 Å². The van der Waals surface area contributed by atoms with Gasteiger partial charge >= 0.3 is 0 Å². The van der Waals surface area contributed by atoms with Crippen LogP contribution in [0.1, 0.15) is 34.1 Å². The molecule has 1 aromatic heterocycles. The number of fused-ring (bicyclic) bond motifs is 1. The first-order valence-electron chi connectivity index (χ1n) is 8.93. The highest BCUT2D eigenvalue weighted by atomic mass is 35.5. The molecular weight excluding hydrogens is 386 g/mol. The second kappa shape index (κ2) is 9.57. The lowest BCUT2D eigenvalue weighted by atomic mass is 10.1. The van der Waals surface area contributed by atoms with Gasteiger partial charge in [0.15, 0.2) is 5.16 Å². The van der Waals surface area contributed by atoms with Crippen molar-refractivity contribution < 1.29 is 9.53 Å². The molecule has 0 saturated heterocycles. The lowest BCUT2D eigenvalue weighted by Crippen LogP contribution is -2.41. The Hall–Kier alpha value is -1.57. The van der Waals surface area contributed by atoms with Crippen molar-refractivity contribution in [2.75, 3.05) is 19.0 Å². The minimum atomic E-state index is -0.306. The number of carbonyl (C=O) groups excluding carboxylic acids is 1. The lowest BCUT2D eigenvalue weighted by molar-refractivity contribution is -0.119. The molecule has 0 fully saturated rings. The van der Waals surface area contributed by atoms with Crippen molar-refractivity contribution in [1.29, 1.82) is 0 Å². The molecule has 148 valence electrons. The van der Waals surface area contributed by atoms with Gasteiger partial charge in [0.25, 0.3) is 5.56 Å². The predicted molar refractivity (Wildman–Crippen MR) is 111 cm³/mol. The zero-order valence-electron chi connectivity index (χ0n) is 16.2. The number of halogens is 1. The third-order valence-corrected chi connectivity index (χ3v) is 4.82. The maximum absolute atomic E-state index is 12.9. The number of rotatable bonds is 8. The summed E-state index contributed by atoms with van der Waals surface area (Å²) >= 11 is 7.30. The fourth-order valence-electron chi connectivity index (χ4n) is 2.53. The van der Waals surface area contributed by atoms with Crippen LogP contribution in [0.4, 0.5) is 0 Å². The molecule has 0 radical (unpaired) electrons. The number of carbonyl (C=O) groups is 1. The Morgan fingerprint density at radius 1 is 1.37 bits per heavy atom. The van der Waals surface area contributed by atoms with E-state index in [-0.39, 0.29) is 22.8 Å². The summed E-state index contributed by atoms with van der Waals surface area (Å²) in [5.41, 5.74) is 0.0956. The quantitative estimate of drug-likeness (QED) is 0.409. The molecular formula is C19H26ClN3O3S. The van der Waals surface area contributed by atoms with Crippen molar-refractivity contribution in [1.82, 2.24) is 14.9 Å². The summed E-state index contributed by atoms with van der Waals surface area (Å²) < 4.78 is 6.98. The first-order chi connectivity index (χ1) is 12.7. The molecule has 0 unspecified atom stereocenters. The second-order valence-electron chi connectivity index (χ2n) is 7.15. The van der Waals surface area contributed by atoms with Gasteiger partial charge in [-0.05, 0) is 52.3 Å². The van der Waals surface area contributed by atoms with E-state index in [1.165, 1.54) is 11.8 Å². The lowest BCUT2D eigenvalue weighted by Gasteiger charge is -2.20. The summed E-state index contributed by atoms with van der Waals surface area (Å²) in [5.74, 6) is 0.0788. The van der Waals surface area contributed by atoms with E-state index in [2.05, 4.69) is 10.3 Å². The first kappa shape index (κ1) is 21.7. The molecule has 6 nitrogen and oxygen atoms in total. The van der Waals surface area contributed by atoms with Crippen LogP contribution in [0, 0.1) is 0 Å². The van der Waals surface area contributed by atoms with Crippen LogP contribution in [-0.4, -0.2) is 40.0 Å². The number of hydrogen-bond donors (Lipinski definition) is 1. The molecule has 0 aliphatic rings. The van der Waals surface area contributed by atoms with Crippen molar-refractivity contribution >= 4 is 40.2 Å². The summed E-state index contributed by atoms with van der Waals surface area (Å²) in [7, 11) is 0. The van der Waals surface area contributed by atoms with Crippen LogP contribution in [-0.2, 0) is 16.1 Å². The number of hydrogen-bond acceptors (Lipinski definition) is 5. The average Bonchev–Trinajstić information content (AvgIpc) is 2.57. The van der Waals surface area contributed by atoms with Crippen LogP contribution < -0.4 is 10.9 Å². The first-order valence-corrected chi connectivity index (χ1v) is 10.3. The van der Waals surface area contributed by atoms with Gasteiger partial charge in [-0.15, -0.1) is 0 Å². The van der Waals surface area contributed by atoms with E-state index in [1.807, 2.05) is 27.7 Å². The predicted octanol–water partition coefficient (Wildman–Crippen LogP) is 3.48. The van der Waals surface area contributed by atoms with E-state index in [0.29, 0.717) is 47.3 Å². The Kier molecular flexibility index (Phi) is 7.70. The minimum absolute atomic E-state index is 0.103. The van der Waals surface area contributed by atoms with Gasteiger partial charge in [0.05, 0.1) is 16.7 Å². The molecule has 0 bridgehead atoms. The van der Waals surface area contributed by atoms with Crippen molar-refractivity contribution in [2.45, 2.75) is 51.4 Å². The third-order valence-electron chi connectivity index (χ3n) is 3.60. The van der Waals surface area contributed by atoms with E-state index in [0.717, 1.165) is 0 Å². The van der Waals surface area contributed by atoms with Gasteiger partial charge in [-0.1, -0.05) is 23.4 Å². The van der Waals surface area contributed by atoms with Crippen molar-refractivity contribution in [3.63, 3.8) is 0 Å². The monoisotopic (exact) mass is 411 g/mol. The van der Waals surface area contributed by atoms with Gasteiger partial charge in [-0.3, -0.25) is 14.2 Å². The third kappa shape index (κ3) is 6.52. The molecule has 1 aromatic carbocycles. The van der Waals surface area contributed by atoms with E-state index < -0.39 is 0 Å². The number of aromatic nitrogens is 2. The number of benzene rings is 1. The van der Waals surface area contributed by atoms with Crippen molar-refractivity contribution in [2.24, 2.45) is 0 Å². The van der Waals surface area contributed by atoms with Crippen LogP contribution in [0.25, 0.3) is 10.9 Å². The molecule has 2 aromatic rings. The summed E-state index contributed by atoms with van der Waals surface area (Å²) in [6, 6.07) is 5.04. The number of thioether (sulfide) groups is 1. The molecule has 2 rings (SSSR count). The normalized spacial score (nSPS) is 11.7. The molecule has 0 aliphatic heterocycles. The Bertz CT molecular complexity index is 862. The zero-order valence-corrected chi connectivity index (χ0v) is 17.7. The van der Waals surface area contributed by atoms with Gasteiger partial charge < -0.3 is 10.1 Å². The molecule has 0 saturated carbocycles. The summed E-state index contributed by atoms with van der Waals surface area (Å²) in [6.07, 6.45) is 0.691. The number of nitrogens with zero attached hydrogens (tertiary/aromatic N) is 2. The van der Waals surface area contributed by atoms with Crippen LogP contribution in [0.2, 0.25) is 5.02 Å². The fourth-order valence-corrected chi connectivity index (χ4v) is 3.53. The summed E-state index contributed by atoms with van der Waals surface area (Å²) in [4.78, 5) is 29.7. The van der Waals surface area contributed by atoms with E-state index in [9.17, 15) is 9.59 Å². The Morgan fingerprint density at radius 3 is 2.78 bits per heavy atom. The largest absolute Gasteiger partial charge is 0.382 e. The Labute approximate surface area is 168 Å². The highest BCUT2D eigenvalue weighted by Gasteiger charge is 2.17. The van der Waals surface area contributed by atoms with Crippen molar-refractivity contribution in [3.05, 3.63) is 33.6 Å². The highest BCUT2D eigenvalue weighted by Crippen LogP contribution is 2.21. The zero-order chi connectivity index (χ0) is 20.0. The SMILES string of the molecule is CCOCCCn1c(SCC(=O)NC(C)(C)C)nc2cc(Cl)ccc2c1=O. The van der Waals surface area contributed by atoms with E-state index >= 15 is 0 Å². The summed E-state index contributed by atoms with van der Waals surface area (Å²) in [6.45, 7) is 9.39. The Morgan fingerprint density at radius 2 is 2.11 bits per heavy atom.